The van der Waals surface area contributed by atoms with Gasteiger partial charge in [-0.15, -0.1) is 0 Å². The van der Waals surface area contributed by atoms with Crippen LogP contribution >= 0.6 is 0 Å². The first kappa shape index (κ1) is 20.1. The van der Waals surface area contributed by atoms with Crippen LogP contribution in [-0.4, -0.2) is 58.8 Å². The molecule has 1 fully saturated rings. The summed E-state index contributed by atoms with van der Waals surface area (Å²) in [7, 11) is 1.52. The van der Waals surface area contributed by atoms with Crippen molar-refractivity contribution in [2.45, 2.75) is 13.5 Å². The molecule has 1 saturated heterocycles. The van der Waals surface area contributed by atoms with E-state index in [2.05, 4.69) is 4.90 Å². The summed E-state index contributed by atoms with van der Waals surface area (Å²) in [4.78, 5) is 15.7. The highest BCUT2D eigenvalue weighted by atomic mass is 19.1. The molecule has 0 aliphatic carbocycles. The molecule has 0 spiro atoms. The summed E-state index contributed by atoms with van der Waals surface area (Å²) in [5, 5.41) is 4.72. The monoisotopic (exact) mass is 408 g/mol. The first-order valence-electron chi connectivity index (χ1n) is 10.0. The van der Waals surface area contributed by atoms with Crippen molar-refractivity contribution in [3.8, 4) is 22.7 Å². The quantitative estimate of drug-likeness (QED) is 0.650. The molecule has 2 aromatic carbocycles. The van der Waals surface area contributed by atoms with E-state index in [1.807, 2.05) is 41.4 Å². The third kappa shape index (κ3) is 4.21. The Morgan fingerprint density at radius 1 is 1.10 bits per heavy atom. The Kier molecular flexibility index (Phi) is 5.81. The molecule has 0 unspecified atom stereocenters. The Hall–Kier alpha value is -3.19. The van der Waals surface area contributed by atoms with Crippen LogP contribution in [-0.2, 0) is 11.3 Å². The fourth-order valence-corrected chi connectivity index (χ4v) is 3.74. The van der Waals surface area contributed by atoms with Gasteiger partial charge in [0, 0.05) is 63.0 Å². The zero-order valence-electron chi connectivity index (χ0n) is 17.2. The zero-order chi connectivity index (χ0) is 21.1. The number of amides is 1. The van der Waals surface area contributed by atoms with Crippen molar-refractivity contribution in [2.75, 3.05) is 33.3 Å². The van der Waals surface area contributed by atoms with Crippen LogP contribution in [0.5, 0.6) is 5.75 Å². The second-order valence-corrected chi connectivity index (χ2v) is 7.41. The number of piperazine rings is 1. The van der Waals surface area contributed by atoms with Gasteiger partial charge in [0.15, 0.2) is 0 Å². The second-order valence-electron chi connectivity index (χ2n) is 7.41. The molecular formula is C23H25FN4O2. The predicted octanol–water partition coefficient (Wildman–Crippen LogP) is 3.35. The third-order valence-electron chi connectivity index (χ3n) is 5.45. The molecule has 0 N–H and O–H groups in total. The number of nitrogens with zero attached hydrogens (tertiary/aromatic N) is 4. The molecule has 0 radical (unpaired) electrons. The minimum atomic E-state index is -0.365. The molecule has 30 heavy (non-hydrogen) atoms. The number of hydrogen-bond acceptors (Lipinski definition) is 4. The van der Waals surface area contributed by atoms with Gasteiger partial charge in [-0.05, 0) is 24.3 Å². The summed E-state index contributed by atoms with van der Waals surface area (Å²) in [5.41, 5.74) is 2.93. The highest BCUT2D eigenvalue weighted by Gasteiger charge is 2.22. The molecule has 7 heteroatoms. The molecule has 2 heterocycles. The molecular weight excluding hydrogens is 383 g/mol. The zero-order valence-corrected chi connectivity index (χ0v) is 17.2. The van der Waals surface area contributed by atoms with Gasteiger partial charge in [0.1, 0.15) is 17.3 Å². The van der Waals surface area contributed by atoms with Crippen molar-refractivity contribution in [2.24, 2.45) is 0 Å². The average molecular weight is 408 g/mol. The van der Waals surface area contributed by atoms with Crippen LogP contribution in [0.2, 0.25) is 0 Å². The molecule has 4 rings (SSSR count). The Morgan fingerprint density at radius 3 is 2.47 bits per heavy atom. The van der Waals surface area contributed by atoms with Crippen LogP contribution in [0.1, 0.15) is 12.5 Å². The van der Waals surface area contributed by atoms with E-state index in [1.165, 1.54) is 13.2 Å². The van der Waals surface area contributed by atoms with Crippen LogP contribution in [0.15, 0.2) is 54.7 Å². The van der Waals surface area contributed by atoms with Gasteiger partial charge >= 0.3 is 0 Å². The maximum atomic E-state index is 14.8. The smallest absolute Gasteiger partial charge is 0.219 e. The highest BCUT2D eigenvalue weighted by Crippen LogP contribution is 2.29. The first-order valence-corrected chi connectivity index (χ1v) is 10.0. The summed E-state index contributed by atoms with van der Waals surface area (Å²) >= 11 is 0. The number of benzene rings is 2. The van der Waals surface area contributed by atoms with E-state index in [0.717, 1.165) is 24.3 Å². The van der Waals surface area contributed by atoms with Gasteiger partial charge in [0.2, 0.25) is 5.91 Å². The average Bonchev–Trinajstić information content (AvgIpc) is 3.18. The molecule has 156 valence electrons. The number of para-hydroxylation sites is 1. The lowest BCUT2D eigenvalue weighted by molar-refractivity contribution is -0.130. The van der Waals surface area contributed by atoms with Gasteiger partial charge in [0.25, 0.3) is 0 Å². The van der Waals surface area contributed by atoms with Crippen molar-refractivity contribution in [3.63, 3.8) is 0 Å². The minimum Gasteiger partial charge on any atom is -0.497 e. The maximum absolute atomic E-state index is 14.8. The summed E-state index contributed by atoms with van der Waals surface area (Å²) in [6.45, 7) is 5.20. The SMILES string of the molecule is COc1ccc(-c2nn(-c3ccccc3)cc2CN2CCN(C(C)=O)CC2)c(F)c1. The summed E-state index contributed by atoms with van der Waals surface area (Å²) in [6.07, 6.45) is 1.96. The van der Waals surface area contributed by atoms with Crippen LogP contribution in [0.3, 0.4) is 0 Å². The van der Waals surface area contributed by atoms with Gasteiger partial charge < -0.3 is 9.64 Å². The predicted molar refractivity (Wildman–Crippen MR) is 113 cm³/mol. The van der Waals surface area contributed by atoms with Gasteiger partial charge in [0.05, 0.1) is 12.8 Å². The van der Waals surface area contributed by atoms with Gasteiger partial charge in [-0.25, -0.2) is 9.07 Å². The van der Waals surface area contributed by atoms with Crippen LogP contribution < -0.4 is 4.74 Å². The number of rotatable bonds is 5. The van der Waals surface area contributed by atoms with Crippen LogP contribution in [0.4, 0.5) is 4.39 Å². The Labute approximate surface area is 175 Å². The number of halogens is 1. The first-order chi connectivity index (χ1) is 14.5. The Balaban J connectivity index is 1.66. The van der Waals surface area contributed by atoms with E-state index < -0.39 is 0 Å². The van der Waals surface area contributed by atoms with E-state index in [4.69, 9.17) is 9.84 Å². The lowest BCUT2D eigenvalue weighted by atomic mass is 10.1. The minimum absolute atomic E-state index is 0.104. The normalized spacial score (nSPS) is 14.7. The van der Waals surface area contributed by atoms with Gasteiger partial charge in [-0.2, -0.15) is 5.10 Å². The van der Waals surface area contributed by atoms with E-state index in [-0.39, 0.29) is 11.7 Å². The van der Waals surface area contributed by atoms with Crippen LogP contribution in [0.25, 0.3) is 16.9 Å². The van der Waals surface area contributed by atoms with Crippen molar-refractivity contribution < 1.29 is 13.9 Å². The fraction of sp³-hybridized carbons (Fsp3) is 0.304. The number of carbonyl (C=O) groups excluding carboxylic acids is 1. The summed E-state index contributed by atoms with van der Waals surface area (Å²) in [5.74, 6) is 0.212. The molecule has 3 aromatic rings. The number of aromatic nitrogens is 2. The van der Waals surface area contributed by atoms with Crippen molar-refractivity contribution in [3.05, 3.63) is 66.1 Å². The number of carbonyl (C=O) groups is 1. The number of hydrogen-bond donors (Lipinski definition) is 0. The van der Waals surface area contributed by atoms with E-state index in [9.17, 15) is 9.18 Å². The third-order valence-corrected chi connectivity index (χ3v) is 5.45. The summed E-state index contributed by atoms with van der Waals surface area (Å²) in [6, 6.07) is 14.6. The lowest BCUT2D eigenvalue weighted by Crippen LogP contribution is -2.47. The van der Waals surface area contributed by atoms with Crippen molar-refractivity contribution in [1.82, 2.24) is 19.6 Å². The van der Waals surface area contributed by atoms with E-state index in [1.54, 1.807) is 23.7 Å². The molecule has 1 amide bonds. The topological polar surface area (TPSA) is 50.6 Å². The fourth-order valence-electron chi connectivity index (χ4n) is 3.74. The largest absolute Gasteiger partial charge is 0.497 e. The number of ether oxygens (including phenoxy) is 1. The molecule has 6 nitrogen and oxygen atoms in total. The standard InChI is InChI=1S/C23H25FN4O2/c1-17(29)27-12-10-26(11-13-27)15-18-16-28(19-6-4-3-5-7-19)25-23(18)21-9-8-20(30-2)14-22(21)24/h3-9,14,16H,10-13,15H2,1-2H3. The lowest BCUT2D eigenvalue weighted by Gasteiger charge is -2.34. The van der Waals surface area contributed by atoms with Crippen LogP contribution in [0, 0.1) is 5.82 Å². The Bertz CT molecular complexity index is 1030. The molecule has 1 aliphatic rings. The maximum Gasteiger partial charge on any atom is 0.219 e. The molecule has 0 bridgehead atoms. The molecule has 1 aliphatic heterocycles. The number of methoxy groups -OCH3 is 1. The van der Waals surface area contributed by atoms with Crippen molar-refractivity contribution in [1.29, 1.82) is 0 Å². The van der Waals surface area contributed by atoms with Gasteiger partial charge in [-0.3, -0.25) is 9.69 Å². The molecule has 1 aromatic heterocycles. The van der Waals surface area contributed by atoms with E-state index in [0.29, 0.717) is 36.6 Å². The molecule has 0 saturated carbocycles. The van der Waals surface area contributed by atoms with Crippen molar-refractivity contribution >= 4 is 5.91 Å². The second kappa shape index (κ2) is 8.67. The summed E-state index contributed by atoms with van der Waals surface area (Å²) < 4.78 is 21.8. The highest BCUT2D eigenvalue weighted by molar-refractivity contribution is 5.73. The van der Waals surface area contributed by atoms with E-state index >= 15 is 0 Å². The van der Waals surface area contributed by atoms with Gasteiger partial charge in [-0.1, -0.05) is 18.2 Å². The Morgan fingerprint density at radius 2 is 1.83 bits per heavy atom. The molecule has 0 atom stereocenters.